The average Bonchev–Trinajstić information content (AvgIpc) is 2.75. The van der Waals surface area contributed by atoms with Crippen LogP contribution in [0.25, 0.3) is 0 Å². The second-order valence-corrected chi connectivity index (χ2v) is 5.51. The molecule has 2 aliphatic rings. The van der Waals surface area contributed by atoms with Gasteiger partial charge < -0.3 is 9.47 Å². The summed E-state index contributed by atoms with van der Waals surface area (Å²) in [5.41, 5.74) is 0.589. The van der Waals surface area contributed by atoms with Gasteiger partial charge in [0.15, 0.2) is 0 Å². The van der Waals surface area contributed by atoms with Crippen LogP contribution in [0.2, 0.25) is 0 Å². The van der Waals surface area contributed by atoms with Crippen molar-refractivity contribution in [3.05, 3.63) is 29.8 Å². The van der Waals surface area contributed by atoms with Crippen LogP contribution >= 0.6 is 0 Å². The summed E-state index contributed by atoms with van der Waals surface area (Å²) in [4.78, 5) is 0.239. The molecule has 0 amide bonds. The first kappa shape index (κ1) is 10.2. The fourth-order valence-electron chi connectivity index (χ4n) is 2.09. The molecule has 86 valence electrons. The predicted octanol–water partition coefficient (Wildman–Crippen LogP) is 0.178. The van der Waals surface area contributed by atoms with Crippen LogP contribution in [-0.2, 0) is 25.3 Å². The standard InChI is InChI=1S/C10H11NO4S/c12-16(13)9-4-2-1-3-8(9)10(7-11-16)14-5-6-15-10/h1-4,11H,5-7H2. The highest BCUT2D eigenvalue weighted by molar-refractivity contribution is 7.89. The third kappa shape index (κ3) is 1.31. The number of nitrogens with one attached hydrogen (secondary N) is 1. The van der Waals surface area contributed by atoms with Gasteiger partial charge in [-0.3, -0.25) is 0 Å². The lowest BCUT2D eigenvalue weighted by Crippen LogP contribution is -2.47. The molecule has 1 aromatic carbocycles. The monoisotopic (exact) mass is 241 g/mol. The molecule has 1 N–H and O–H groups in total. The van der Waals surface area contributed by atoms with Crippen molar-refractivity contribution >= 4 is 10.0 Å². The maximum Gasteiger partial charge on any atom is 0.241 e. The van der Waals surface area contributed by atoms with Crippen LogP contribution in [-0.4, -0.2) is 28.2 Å². The van der Waals surface area contributed by atoms with E-state index in [0.29, 0.717) is 18.8 Å². The zero-order valence-electron chi connectivity index (χ0n) is 8.47. The number of hydrogen-bond donors (Lipinski definition) is 1. The molecule has 6 heteroatoms. The number of fused-ring (bicyclic) bond motifs is 2. The maximum absolute atomic E-state index is 11.8. The van der Waals surface area contributed by atoms with Gasteiger partial charge in [0.05, 0.1) is 24.7 Å². The second kappa shape index (κ2) is 3.27. The van der Waals surface area contributed by atoms with Gasteiger partial charge in [0, 0.05) is 5.56 Å². The van der Waals surface area contributed by atoms with E-state index in [-0.39, 0.29) is 11.4 Å². The molecule has 1 saturated heterocycles. The summed E-state index contributed by atoms with van der Waals surface area (Å²) in [5, 5.41) is 0. The molecule has 1 fully saturated rings. The van der Waals surface area contributed by atoms with Gasteiger partial charge in [-0.1, -0.05) is 18.2 Å². The quantitative estimate of drug-likeness (QED) is 0.703. The maximum atomic E-state index is 11.8. The first-order valence-electron chi connectivity index (χ1n) is 5.01. The second-order valence-electron chi connectivity index (χ2n) is 3.77. The summed E-state index contributed by atoms with van der Waals surface area (Å²) in [6.07, 6.45) is 0. The van der Waals surface area contributed by atoms with E-state index < -0.39 is 15.8 Å². The summed E-state index contributed by atoms with van der Waals surface area (Å²) in [6, 6.07) is 6.77. The van der Waals surface area contributed by atoms with Crippen molar-refractivity contribution in [3.63, 3.8) is 0 Å². The van der Waals surface area contributed by atoms with Crippen LogP contribution in [0.15, 0.2) is 29.2 Å². The fraction of sp³-hybridized carbons (Fsp3) is 0.400. The summed E-state index contributed by atoms with van der Waals surface area (Å²) < 4.78 is 37.2. The van der Waals surface area contributed by atoms with E-state index >= 15 is 0 Å². The Morgan fingerprint density at radius 2 is 1.88 bits per heavy atom. The van der Waals surface area contributed by atoms with Crippen LogP contribution < -0.4 is 4.72 Å². The van der Waals surface area contributed by atoms with Crippen LogP contribution in [0.1, 0.15) is 5.56 Å². The minimum absolute atomic E-state index is 0.131. The van der Waals surface area contributed by atoms with Gasteiger partial charge in [-0.15, -0.1) is 0 Å². The molecule has 2 heterocycles. The number of benzene rings is 1. The molecule has 0 aromatic heterocycles. The van der Waals surface area contributed by atoms with Gasteiger partial charge in [-0.25, -0.2) is 13.1 Å². The van der Waals surface area contributed by atoms with E-state index in [0.717, 1.165) is 0 Å². The van der Waals surface area contributed by atoms with Crippen LogP contribution in [0, 0.1) is 0 Å². The Kier molecular flexibility index (Phi) is 2.09. The zero-order chi connectivity index (χ0) is 11.2. The van der Waals surface area contributed by atoms with Crippen molar-refractivity contribution in [2.45, 2.75) is 10.7 Å². The molecule has 0 bridgehead atoms. The van der Waals surface area contributed by atoms with Gasteiger partial charge in [0.2, 0.25) is 15.8 Å². The summed E-state index contributed by atoms with van der Waals surface area (Å²) in [5.74, 6) is -0.929. The average molecular weight is 241 g/mol. The fourth-order valence-corrected chi connectivity index (χ4v) is 3.40. The molecule has 0 saturated carbocycles. The highest BCUT2D eigenvalue weighted by atomic mass is 32.2. The molecule has 0 atom stereocenters. The molecular weight excluding hydrogens is 230 g/mol. The van der Waals surface area contributed by atoms with Crippen LogP contribution in [0.4, 0.5) is 0 Å². The normalized spacial score (nSPS) is 25.5. The van der Waals surface area contributed by atoms with Crippen molar-refractivity contribution in [1.82, 2.24) is 4.72 Å². The summed E-state index contributed by atoms with van der Waals surface area (Å²) >= 11 is 0. The smallest absolute Gasteiger partial charge is 0.241 e. The lowest BCUT2D eigenvalue weighted by atomic mass is 10.1. The molecule has 3 rings (SSSR count). The Labute approximate surface area is 93.4 Å². The van der Waals surface area contributed by atoms with Gasteiger partial charge in [0.25, 0.3) is 0 Å². The molecular formula is C10H11NO4S. The third-order valence-corrected chi connectivity index (χ3v) is 4.30. The summed E-state index contributed by atoms with van der Waals surface area (Å²) in [6.45, 7) is 1.10. The summed E-state index contributed by atoms with van der Waals surface area (Å²) in [7, 11) is -3.42. The van der Waals surface area contributed by atoms with E-state index in [9.17, 15) is 8.42 Å². The number of hydrogen-bond acceptors (Lipinski definition) is 4. The van der Waals surface area contributed by atoms with Gasteiger partial charge >= 0.3 is 0 Å². The molecule has 0 radical (unpaired) electrons. The first-order chi connectivity index (χ1) is 7.64. The number of ether oxygens (including phenoxy) is 2. The minimum atomic E-state index is -3.42. The Balaban J connectivity index is 2.23. The number of sulfonamides is 1. The third-order valence-electron chi connectivity index (χ3n) is 2.84. The number of rotatable bonds is 0. The van der Waals surface area contributed by atoms with Crippen LogP contribution in [0.3, 0.4) is 0 Å². The zero-order valence-corrected chi connectivity index (χ0v) is 9.29. The van der Waals surface area contributed by atoms with E-state index in [1.54, 1.807) is 24.3 Å². The molecule has 5 nitrogen and oxygen atoms in total. The highest BCUT2D eigenvalue weighted by Gasteiger charge is 2.46. The Hall–Kier alpha value is -0.950. The molecule has 0 unspecified atom stereocenters. The van der Waals surface area contributed by atoms with Gasteiger partial charge in [0.1, 0.15) is 0 Å². The lowest BCUT2D eigenvalue weighted by Gasteiger charge is -2.33. The molecule has 16 heavy (non-hydrogen) atoms. The van der Waals surface area contributed by atoms with Crippen LogP contribution in [0.5, 0.6) is 0 Å². The molecule has 0 aliphatic carbocycles. The van der Waals surface area contributed by atoms with Crippen molar-refractivity contribution in [1.29, 1.82) is 0 Å². The molecule has 1 spiro atoms. The van der Waals surface area contributed by atoms with Gasteiger partial charge in [-0.05, 0) is 6.07 Å². The van der Waals surface area contributed by atoms with E-state index in [4.69, 9.17) is 9.47 Å². The highest BCUT2D eigenvalue weighted by Crippen LogP contribution is 2.37. The Bertz CT molecular complexity index is 519. The molecule has 2 aliphatic heterocycles. The van der Waals surface area contributed by atoms with Crippen molar-refractivity contribution < 1.29 is 17.9 Å². The topological polar surface area (TPSA) is 64.6 Å². The van der Waals surface area contributed by atoms with E-state index in [1.165, 1.54) is 0 Å². The van der Waals surface area contributed by atoms with Crippen molar-refractivity contribution in [2.75, 3.05) is 19.8 Å². The Morgan fingerprint density at radius 1 is 1.19 bits per heavy atom. The van der Waals surface area contributed by atoms with E-state index in [1.807, 2.05) is 0 Å². The van der Waals surface area contributed by atoms with Crippen molar-refractivity contribution in [3.8, 4) is 0 Å². The van der Waals surface area contributed by atoms with Crippen molar-refractivity contribution in [2.24, 2.45) is 0 Å². The van der Waals surface area contributed by atoms with Gasteiger partial charge in [-0.2, -0.15) is 0 Å². The van der Waals surface area contributed by atoms with E-state index in [2.05, 4.69) is 4.72 Å². The predicted molar refractivity (Wildman–Crippen MR) is 55.2 cm³/mol. The lowest BCUT2D eigenvalue weighted by molar-refractivity contribution is -0.162. The molecule has 1 aromatic rings. The first-order valence-corrected chi connectivity index (χ1v) is 6.49. The largest absolute Gasteiger partial charge is 0.342 e. The Morgan fingerprint density at radius 3 is 2.62 bits per heavy atom. The minimum Gasteiger partial charge on any atom is -0.342 e. The SMILES string of the molecule is O=S1(=O)NCC2(OCCO2)c2ccccc21.